The summed E-state index contributed by atoms with van der Waals surface area (Å²) in [6.07, 6.45) is 0. The lowest BCUT2D eigenvalue weighted by Gasteiger charge is -2.13. The highest BCUT2D eigenvalue weighted by molar-refractivity contribution is 7.89. The van der Waals surface area contributed by atoms with Crippen molar-refractivity contribution in [3.05, 3.63) is 33.3 Å². The normalized spacial score (nSPS) is 12.8. The summed E-state index contributed by atoms with van der Waals surface area (Å²) >= 11 is 5.74. The Kier molecular flexibility index (Phi) is 5.03. The molecule has 1 rings (SSSR count). The minimum absolute atomic E-state index is 0.174. The predicted octanol–water partition coefficient (Wildman–Crippen LogP) is 0.661. The number of non-ortho nitro benzene ring substituents is 1. The number of benzene rings is 1. The minimum Gasteiger partial charge on any atom is -0.358 e. The Morgan fingerprint density at radius 2 is 2.05 bits per heavy atom. The number of halogens is 1. The second-order valence-corrected chi connectivity index (χ2v) is 5.92. The van der Waals surface area contributed by atoms with Crippen LogP contribution < -0.4 is 10.0 Å². The first kappa shape index (κ1) is 16.3. The average Bonchev–Trinajstić information content (AvgIpc) is 2.37. The van der Waals surface area contributed by atoms with Gasteiger partial charge in [0.2, 0.25) is 15.9 Å². The third-order valence-electron chi connectivity index (χ3n) is 2.39. The van der Waals surface area contributed by atoms with Gasteiger partial charge in [0.05, 0.1) is 16.0 Å². The highest BCUT2D eigenvalue weighted by atomic mass is 35.5. The zero-order valence-electron chi connectivity index (χ0n) is 10.6. The maximum atomic E-state index is 12.1. The molecule has 0 aromatic heterocycles. The van der Waals surface area contributed by atoms with Gasteiger partial charge in [-0.3, -0.25) is 14.9 Å². The Bertz CT molecular complexity index is 646. The Labute approximate surface area is 120 Å². The fraction of sp³-hybridized carbons (Fsp3) is 0.300. The number of sulfonamides is 1. The molecular weight excluding hydrogens is 310 g/mol. The predicted molar refractivity (Wildman–Crippen MR) is 72.0 cm³/mol. The second kappa shape index (κ2) is 6.16. The molecule has 0 radical (unpaired) electrons. The van der Waals surface area contributed by atoms with E-state index in [9.17, 15) is 23.3 Å². The molecule has 0 aliphatic heterocycles. The van der Waals surface area contributed by atoms with E-state index in [4.69, 9.17) is 11.6 Å². The number of nitro benzene ring substituents is 1. The summed E-state index contributed by atoms with van der Waals surface area (Å²) in [6, 6.07) is 1.99. The van der Waals surface area contributed by atoms with Gasteiger partial charge in [0.15, 0.2) is 0 Å². The van der Waals surface area contributed by atoms with Gasteiger partial charge in [0, 0.05) is 19.2 Å². The molecule has 10 heteroatoms. The van der Waals surface area contributed by atoms with Gasteiger partial charge in [-0.2, -0.15) is 4.72 Å². The number of likely N-dealkylation sites (N-methyl/N-ethyl adjacent to an activating group) is 1. The minimum atomic E-state index is -4.15. The van der Waals surface area contributed by atoms with E-state index >= 15 is 0 Å². The van der Waals surface area contributed by atoms with Crippen LogP contribution in [0.15, 0.2) is 23.1 Å². The maximum Gasteiger partial charge on any atom is 0.270 e. The van der Waals surface area contributed by atoms with Crippen molar-refractivity contribution in [3.63, 3.8) is 0 Å². The van der Waals surface area contributed by atoms with Gasteiger partial charge in [0.1, 0.15) is 4.90 Å². The number of nitro groups is 1. The number of nitrogens with one attached hydrogen (secondary N) is 2. The third kappa shape index (κ3) is 3.65. The highest BCUT2D eigenvalue weighted by Crippen LogP contribution is 2.26. The standard InChI is InChI=1S/C10H12ClN3O5S/c1-6(10(15)12-2)13-20(18,19)9-5-7(14(16)17)3-4-8(9)11/h3-6,13H,1-2H3,(H,12,15). The molecule has 0 heterocycles. The largest absolute Gasteiger partial charge is 0.358 e. The molecule has 1 amide bonds. The fourth-order valence-corrected chi connectivity index (χ4v) is 3.10. The molecular formula is C10H12ClN3O5S. The van der Waals surface area contributed by atoms with Crippen molar-refractivity contribution in [1.29, 1.82) is 0 Å². The topological polar surface area (TPSA) is 118 Å². The van der Waals surface area contributed by atoms with Crippen molar-refractivity contribution < 1.29 is 18.1 Å². The molecule has 0 aliphatic rings. The SMILES string of the molecule is CNC(=O)C(C)NS(=O)(=O)c1cc([N+](=O)[O-])ccc1Cl. The molecule has 1 aromatic carbocycles. The molecule has 20 heavy (non-hydrogen) atoms. The first-order chi connectivity index (χ1) is 9.19. The zero-order chi connectivity index (χ0) is 15.5. The summed E-state index contributed by atoms with van der Waals surface area (Å²) in [5, 5.41) is 12.8. The summed E-state index contributed by atoms with van der Waals surface area (Å²) in [7, 11) is -2.79. The number of hydrogen-bond acceptors (Lipinski definition) is 5. The first-order valence-electron chi connectivity index (χ1n) is 5.37. The van der Waals surface area contributed by atoms with Crippen LogP contribution in [0.2, 0.25) is 5.02 Å². The molecule has 1 unspecified atom stereocenters. The first-order valence-corrected chi connectivity index (χ1v) is 7.23. The summed E-state index contributed by atoms with van der Waals surface area (Å²) < 4.78 is 26.2. The Morgan fingerprint density at radius 1 is 1.45 bits per heavy atom. The van der Waals surface area contributed by atoms with E-state index in [1.54, 1.807) is 0 Å². The molecule has 110 valence electrons. The lowest BCUT2D eigenvalue weighted by atomic mass is 10.3. The molecule has 1 aromatic rings. The molecule has 1 atom stereocenters. The second-order valence-electron chi connectivity index (χ2n) is 3.83. The Hall–Kier alpha value is -1.71. The van der Waals surface area contributed by atoms with Gasteiger partial charge in [0.25, 0.3) is 5.69 Å². The van der Waals surface area contributed by atoms with Crippen LogP contribution in [0.5, 0.6) is 0 Å². The highest BCUT2D eigenvalue weighted by Gasteiger charge is 2.25. The lowest BCUT2D eigenvalue weighted by molar-refractivity contribution is -0.385. The van der Waals surface area contributed by atoms with Crippen LogP contribution in [0.4, 0.5) is 5.69 Å². The molecule has 2 N–H and O–H groups in total. The maximum absolute atomic E-state index is 12.1. The third-order valence-corrected chi connectivity index (χ3v) is 4.41. The van der Waals surface area contributed by atoms with Crippen LogP contribution in [0.1, 0.15) is 6.92 Å². The molecule has 8 nitrogen and oxygen atoms in total. The van der Waals surface area contributed by atoms with Crippen molar-refractivity contribution in [1.82, 2.24) is 10.0 Å². The van der Waals surface area contributed by atoms with E-state index < -0.39 is 37.5 Å². The van der Waals surface area contributed by atoms with Crippen LogP contribution >= 0.6 is 11.6 Å². The van der Waals surface area contributed by atoms with Gasteiger partial charge < -0.3 is 5.32 Å². The van der Waals surface area contributed by atoms with Crippen molar-refractivity contribution in [2.45, 2.75) is 17.9 Å². The van der Waals surface area contributed by atoms with Gasteiger partial charge in [-0.1, -0.05) is 11.6 Å². The fourth-order valence-electron chi connectivity index (χ4n) is 1.38. The van der Waals surface area contributed by atoms with Crippen LogP contribution in [0.25, 0.3) is 0 Å². The summed E-state index contributed by atoms with van der Waals surface area (Å²) in [6.45, 7) is 1.33. The van der Waals surface area contributed by atoms with E-state index in [0.29, 0.717) is 0 Å². The smallest absolute Gasteiger partial charge is 0.270 e. The van der Waals surface area contributed by atoms with Crippen molar-refractivity contribution in [3.8, 4) is 0 Å². The molecule has 0 aliphatic carbocycles. The van der Waals surface area contributed by atoms with Gasteiger partial charge in [-0.05, 0) is 13.0 Å². The summed E-state index contributed by atoms with van der Waals surface area (Å²) in [5.74, 6) is -0.546. The van der Waals surface area contributed by atoms with E-state index in [1.807, 2.05) is 0 Å². The Morgan fingerprint density at radius 3 is 2.55 bits per heavy atom. The van der Waals surface area contributed by atoms with Crippen LogP contribution in [0.3, 0.4) is 0 Å². The molecule has 0 fully saturated rings. The monoisotopic (exact) mass is 321 g/mol. The van der Waals surface area contributed by atoms with Crippen LogP contribution in [-0.4, -0.2) is 32.3 Å². The number of carbonyl (C=O) groups is 1. The van der Waals surface area contributed by atoms with Crippen molar-refractivity contribution in [2.24, 2.45) is 0 Å². The van der Waals surface area contributed by atoms with Gasteiger partial charge in [-0.15, -0.1) is 0 Å². The summed E-state index contributed by atoms with van der Waals surface area (Å²) in [5.41, 5.74) is -0.414. The van der Waals surface area contributed by atoms with E-state index in [0.717, 1.165) is 18.2 Å². The van der Waals surface area contributed by atoms with E-state index in [1.165, 1.54) is 14.0 Å². The molecule has 0 saturated carbocycles. The average molecular weight is 322 g/mol. The molecule has 0 spiro atoms. The van der Waals surface area contributed by atoms with E-state index in [-0.39, 0.29) is 5.02 Å². The van der Waals surface area contributed by atoms with Gasteiger partial charge in [-0.25, -0.2) is 8.42 Å². The molecule has 0 saturated heterocycles. The number of amides is 1. The lowest BCUT2D eigenvalue weighted by Crippen LogP contribution is -2.43. The van der Waals surface area contributed by atoms with Crippen molar-refractivity contribution in [2.75, 3.05) is 7.05 Å². The number of hydrogen-bond donors (Lipinski definition) is 2. The van der Waals surface area contributed by atoms with Crippen LogP contribution in [0, 0.1) is 10.1 Å². The van der Waals surface area contributed by atoms with Crippen LogP contribution in [-0.2, 0) is 14.8 Å². The van der Waals surface area contributed by atoms with Crippen molar-refractivity contribution >= 4 is 33.2 Å². The molecule has 0 bridgehead atoms. The number of rotatable bonds is 5. The van der Waals surface area contributed by atoms with Gasteiger partial charge >= 0.3 is 0 Å². The zero-order valence-corrected chi connectivity index (χ0v) is 12.2. The number of nitrogens with zero attached hydrogens (tertiary/aromatic N) is 1. The number of carbonyl (C=O) groups excluding carboxylic acids is 1. The van der Waals surface area contributed by atoms with E-state index in [2.05, 4.69) is 10.0 Å². The quantitative estimate of drug-likeness (QED) is 0.610. The summed E-state index contributed by atoms with van der Waals surface area (Å²) in [4.78, 5) is 20.8. The Balaban J connectivity index is 3.18.